The summed E-state index contributed by atoms with van der Waals surface area (Å²) in [5, 5.41) is 10.5. The van der Waals surface area contributed by atoms with Crippen molar-refractivity contribution in [1.29, 1.82) is 0 Å². The molecule has 0 aliphatic heterocycles. The number of rotatable bonds is 7. The van der Waals surface area contributed by atoms with Crippen LogP contribution >= 0.6 is 11.8 Å². The number of sulfone groups is 2. The Labute approximate surface area is 180 Å². The lowest BCUT2D eigenvalue weighted by molar-refractivity contribution is -0.113. The fraction of sp³-hybridized carbons (Fsp3) is 0.421. The first-order valence-corrected chi connectivity index (χ1v) is 13.9. The first-order chi connectivity index (χ1) is 14.2. The minimum atomic E-state index is -3.47. The number of nitrogens with one attached hydrogen (secondary N) is 1. The first-order valence-electron chi connectivity index (χ1n) is 9.47. The third-order valence-electron chi connectivity index (χ3n) is 4.82. The van der Waals surface area contributed by atoms with E-state index in [9.17, 15) is 21.6 Å². The van der Waals surface area contributed by atoms with Gasteiger partial charge in [-0.15, -0.1) is 10.2 Å². The van der Waals surface area contributed by atoms with Crippen LogP contribution in [-0.2, 0) is 24.5 Å². The second kappa shape index (κ2) is 9.44. The average molecular weight is 470 g/mol. The van der Waals surface area contributed by atoms with Crippen molar-refractivity contribution in [1.82, 2.24) is 10.2 Å². The number of thioether (sulfide) groups is 1. The Balaban J connectivity index is 1.55. The first kappa shape index (κ1) is 22.7. The molecule has 1 aromatic heterocycles. The van der Waals surface area contributed by atoms with Crippen LogP contribution in [0.3, 0.4) is 0 Å². The van der Waals surface area contributed by atoms with Gasteiger partial charge < -0.3 is 5.32 Å². The Morgan fingerprint density at radius 1 is 1.00 bits per heavy atom. The number of anilines is 1. The maximum atomic E-state index is 12.6. The molecule has 30 heavy (non-hydrogen) atoms. The second-order valence-electron chi connectivity index (χ2n) is 7.15. The molecule has 1 saturated carbocycles. The lowest BCUT2D eigenvalue weighted by atomic mass is 10.0. The summed E-state index contributed by atoms with van der Waals surface area (Å²) in [5.41, 5.74) is 0.480. The van der Waals surface area contributed by atoms with Gasteiger partial charge in [0.25, 0.3) is 0 Å². The predicted molar refractivity (Wildman–Crippen MR) is 115 cm³/mol. The summed E-state index contributed by atoms with van der Waals surface area (Å²) in [5.74, 6) is -0.246. The SMILES string of the molecule is CS(=O)(=O)c1ccc(NC(=O)CSc2ccc(S(=O)(=O)C3CCCCC3)nn2)cc1. The second-order valence-corrected chi connectivity index (χ2v) is 12.3. The standard InChI is InChI=1S/C19H23N3O5S3/c1-29(24,25)15-9-7-14(8-10-15)20-17(23)13-28-18-11-12-19(22-21-18)30(26,27)16-5-3-2-4-6-16/h7-12,16H,2-6,13H2,1H3,(H,20,23). The molecule has 1 N–H and O–H groups in total. The van der Waals surface area contributed by atoms with Crippen molar-refractivity contribution >= 4 is 43.0 Å². The van der Waals surface area contributed by atoms with Gasteiger partial charge >= 0.3 is 0 Å². The molecule has 0 unspecified atom stereocenters. The van der Waals surface area contributed by atoms with Gasteiger partial charge in [0.15, 0.2) is 24.7 Å². The van der Waals surface area contributed by atoms with E-state index in [1.165, 1.54) is 30.3 Å². The molecule has 1 aromatic carbocycles. The van der Waals surface area contributed by atoms with Crippen LogP contribution in [0.5, 0.6) is 0 Å². The summed E-state index contributed by atoms with van der Waals surface area (Å²) in [4.78, 5) is 12.3. The fourth-order valence-electron chi connectivity index (χ4n) is 3.20. The van der Waals surface area contributed by atoms with Gasteiger partial charge in [0.1, 0.15) is 5.03 Å². The van der Waals surface area contributed by atoms with E-state index in [4.69, 9.17) is 0 Å². The van der Waals surface area contributed by atoms with E-state index >= 15 is 0 Å². The van der Waals surface area contributed by atoms with Crippen molar-refractivity contribution in [3.05, 3.63) is 36.4 Å². The lowest BCUT2D eigenvalue weighted by Crippen LogP contribution is -2.25. The Hall–Kier alpha value is -1.98. The molecule has 3 rings (SSSR count). The van der Waals surface area contributed by atoms with Crippen LogP contribution < -0.4 is 5.32 Å². The summed E-state index contributed by atoms with van der Waals surface area (Å²) in [6, 6.07) is 8.89. The molecule has 1 aliphatic carbocycles. The van der Waals surface area contributed by atoms with Crippen LogP contribution in [-0.4, -0.2) is 50.2 Å². The van der Waals surface area contributed by atoms with Gasteiger partial charge in [-0.3, -0.25) is 4.79 Å². The van der Waals surface area contributed by atoms with Gasteiger partial charge in [-0.25, -0.2) is 16.8 Å². The molecular formula is C19H23N3O5S3. The fourth-order valence-corrected chi connectivity index (χ4v) is 6.16. The molecule has 0 radical (unpaired) electrons. The van der Waals surface area contributed by atoms with E-state index in [0.29, 0.717) is 23.6 Å². The number of carbonyl (C=O) groups excluding carboxylic acids is 1. The van der Waals surface area contributed by atoms with Crippen molar-refractivity contribution < 1.29 is 21.6 Å². The molecule has 1 amide bonds. The van der Waals surface area contributed by atoms with Gasteiger partial charge in [0.2, 0.25) is 5.91 Å². The molecule has 0 saturated heterocycles. The molecule has 8 nitrogen and oxygen atoms in total. The highest BCUT2D eigenvalue weighted by atomic mass is 32.2. The van der Waals surface area contributed by atoms with E-state index in [1.54, 1.807) is 6.07 Å². The largest absolute Gasteiger partial charge is 0.325 e. The third kappa shape index (κ3) is 5.79. The quantitative estimate of drug-likeness (QED) is 0.614. The highest BCUT2D eigenvalue weighted by molar-refractivity contribution is 7.99. The molecule has 1 aliphatic rings. The number of hydrogen-bond donors (Lipinski definition) is 1. The van der Waals surface area contributed by atoms with Crippen LogP contribution in [0.1, 0.15) is 32.1 Å². The number of amides is 1. The summed E-state index contributed by atoms with van der Waals surface area (Å²) in [7, 11) is -6.76. The molecule has 1 heterocycles. The van der Waals surface area contributed by atoms with Crippen LogP contribution in [0.25, 0.3) is 0 Å². The minimum absolute atomic E-state index is 0.0193. The van der Waals surface area contributed by atoms with Crippen LogP contribution in [0.15, 0.2) is 51.3 Å². The number of benzene rings is 1. The number of aromatic nitrogens is 2. The Morgan fingerprint density at radius 2 is 1.67 bits per heavy atom. The van der Waals surface area contributed by atoms with Crippen LogP contribution in [0.2, 0.25) is 0 Å². The molecule has 2 aromatic rings. The average Bonchev–Trinajstić information content (AvgIpc) is 2.73. The van der Waals surface area contributed by atoms with Gasteiger partial charge in [-0.1, -0.05) is 31.0 Å². The summed E-state index contributed by atoms with van der Waals surface area (Å²) < 4.78 is 48.2. The maximum Gasteiger partial charge on any atom is 0.234 e. The van der Waals surface area contributed by atoms with E-state index < -0.39 is 19.7 Å². The predicted octanol–water partition coefficient (Wildman–Crippen LogP) is 2.72. The van der Waals surface area contributed by atoms with Crippen molar-refractivity contribution in [2.24, 2.45) is 0 Å². The van der Waals surface area contributed by atoms with E-state index in [-0.39, 0.29) is 26.8 Å². The molecule has 0 bridgehead atoms. The zero-order chi connectivity index (χ0) is 21.8. The summed E-state index contributed by atoms with van der Waals surface area (Å²) in [6.07, 6.45) is 5.33. The maximum absolute atomic E-state index is 12.6. The zero-order valence-corrected chi connectivity index (χ0v) is 18.9. The monoisotopic (exact) mass is 469 g/mol. The van der Waals surface area contributed by atoms with E-state index in [1.807, 2.05) is 0 Å². The molecule has 11 heteroatoms. The zero-order valence-electron chi connectivity index (χ0n) is 16.4. The van der Waals surface area contributed by atoms with Crippen LogP contribution in [0, 0.1) is 0 Å². The molecule has 1 fully saturated rings. The van der Waals surface area contributed by atoms with Gasteiger partial charge in [-0.2, -0.15) is 0 Å². The number of nitrogens with zero attached hydrogens (tertiary/aromatic N) is 2. The van der Waals surface area contributed by atoms with Crippen LogP contribution in [0.4, 0.5) is 5.69 Å². The van der Waals surface area contributed by atoms with Gasteiger partial charge in [0.05, 0.1) is 15.9 Å². The van der Waals surface area contributed by atoms with Crippen molar-refractivity contribution in [2.45, 2.75) is 52.3 Å². The molecular weight excluding hydrogens is 446 g/mol. The van der Waals surface area contributed by atoms with E-state index in [2.05, 4.69) is 15.5 Å². The van der Waals surface area contributed by atoms with Gasteiger partial charge in [0, 0.05) is 11.9 Å². The Kier molecular flexibility index (Phi) is 7.14. The highest BCUT2D eigenvalue weighted by Crippen LogP contribution is 2.28. The molecule has 0 atom stereocenters. The van der Waals surface area contributed by atoms with Crippen molar-refractivity contribution in [2.75, 3.05) is 17.3 Å². The Morgan fingerprint density at radius 3 is 2.23 bits per heavy atom. The smallest absolute Gasteiger partial charge is 0.234 e. The number of hydrogen-bond acceptors (Lipinski definition) is 8. The normalized spacial score (nSPS) is 15.6. The van der Waals surface area contributed by atoms with E-state index in [0.717, 1.165) is 37.3 Å². The topological polar surface area (TPSA) is 123 Å². The molecule has 162 valence electrons. The van der Waals surface area contributed by atoms with Crippen molar-refractivity contribution in [3.63, 3.8) is 0 Å². The summed E-state index contributed by atoms with van der Waals surface area (Å²) >= 11 is 1.13. The summed E-state index contributed by atoms with van der Waals surface area (Å²) in [6.45, 7) is 0. The highest BCUT2D eigenvalue weighted by Gasteiger charge is 2.30. The lowest BCUT2D eigenvalue weighted by Gasteiger charge is -2.20. The minimum Gasteiger partial charge on any atom is -0.325 e. The third-order valence-corrected chi connectivity index (χ3v) is 9.01. The Bertz CT molecular complexity index is 1090. The van der Waals surface area contributed by atoms with Gasteiger partial charge in [-0.05, 0) is 49.2 Å². The van der Waals surface area contributed by atoms with Crippen molar-refractivity contribution in [3.8, 4) is 0 Å². The number of carbonyl (C=O) groups is 1. The molecule has 0 spiro atoms.